The fraction of sp³-hybridized carbons (Fsp3) is 0.208. The van der Waals surface area contributed by atoms with Crippen molar-refractivity contribution in [2.24, 2.45) is 5.10 Å². The van der Waals surface area contributed by atoms with E-state index < -0.39 is 0 Å². The molecule has 0 saturated carbocycles. The molecule has 0 aliphatic carbocycles. The van der Waals surface area contributed by atoms with Gasteiger partial charge in [-0.2, -0.15) is 5.10 Å². The summed E-state index contributed by atoms with van der Waals surface area (Å²) in [5.41, 5.74) is 4.17. The van der Waals surface area contributed by atoms with Crippen molar-refractivity contribution in [3.05, 3.63) is 88.4 Å². The van der Waals surface area contributed by atoms with Crippen LogP contribution in [0.15, 0.2) is 71.8 Å². The van der Waals surface area contributed by atoms with Gasteiger partial charge in [-0.15, -0.1) is 0 Å². The first-order valence-corrected chi connectivity index (χ1v) is 10.1. The van der Waals surface area contributed by atoms with Crippen LogP contribution in [0.25, 0.3) is 0 Å². The molecule has 0 bridgehead atoms. The zero-order chi connectivity index (χ0) is 20.7. The molecule has 5 nitrogen and oxygen atoms in total. The van der Waals surface area contributed by atoms with Crippen molar-refractivity contribution >= 4 is 17.3 Å². The van der Waals surface area contributed by atoms with Crippen molar-refractivity contribution in [1.29, 1.82) is 0 Å². The van der Waals surface area contributed by atoms with Crippen molar-refractivity contribution in [1.82, 2.24) is 5.01 Å². The molecule has 0 unspecified atom stereocenters. The minimum absolute atomic E-state index is 0.0571. The Morgan fingerprint density at radius 2 is 1.63 bits per heavy atom. The van der Waals surface area contributed by atoms with Crippen LogP contribution in [0.2, 0.25) is 5.02 Å². The molecule has 2 aliphatic rings. The van der Waals surface area contributed by atoms with Gasteiger partial charge in [-0.1, -0.05) is 23.7 Å². The van der Waals surface area contributed by atoms with Crippen molar-refractivity contribution in [2.75, 3.05) is 14.2 Å². The van der Waals surface area contributed by atoms with Crippen LogP contribution in [0.5, 0.6) is 17.2 Å². The quantitative estimate of drug-likeness (QED) is 0.551. The number of hydrazone groups is 1. The minimum atomic E-state index is -0.330. The van der Waals surface area contributed by atoms with Crippen molar-refractivity contribution in [2.45, 2.75) is 18.7 Å². The molecular formula is C24H21ClN2O3. The highest BCUT2D eigenvalue weighted by atomic mass is 35.5. The van der Waals surface area contributed by atoms with Gasteiger partial charge in [0, 0.05) is 22.6 Å². The van der Waals surface area contributed by atoms with E-state index in [1.54, 1.807) is 14.2 Å². The van der Waals surface area contributed by atoms with Crippen molar-refractivity contribution in [3.8, 4) is 17.2 Å². The SMILES string of the molecule is COc1ccc(C2=NN3[C@@H](C2)c2cc(OC)ccc2O[C@H]3c2ccc(Cl)cc2)cc1. The number of nitrogens with zero attached hydrogens (tertiary/aromatic N) is 2. The summed E-state index contributed by atoms with van der Waals surface area (Å²) in [6.45, 7) is 0. The average molecular weight is 421 g/mol. The minimum Gasteiger partial charge on any atom is -0.497 e. The summed E-state index contributed by atoms with van der Waals surface area (Å²) in [7, 11) is 3.34. The lowest BCUT2D eigenvalue weighted by atomic mass is 9.95. The van der Waals surface area contributed by atoms with Crippen LogP contribution in [0, 0.1) is 0 Å². The third-order valence-electron chi connectivity index (χ3n) is 5.58. The summed E-state index contributed by atoms with van der Waals surface area (Å²) in [4.78, 5) is 0. The van der Waals surface area contributed by atoms with Gasteiger partial charge >= 0.3 is 0 Å². The van der Waals surface area contributed by atoms with Gasteiger partial charge in [0.1, 0.15) is 17.2 Å². The second-order valence-electron chi connectivity index (χ2n) is 7.30. The molecule has 3 aromatic rings. The van der Waals surface area contributed by atoms with E-state index in [0.717, 1.165) is 46.1 Å². The zero-order valence-corrected chi connectivity index (χ0v) is 17.5. The Bertz CT molecular complexity index is 1100. The molecule has 0 fully saturated rings. The number of ether oxygens (including phenoxy) is 3. The van der Waals surface area contributed by atoms with E-state index in [9.17, 15) is 0 Å². The van der Waals surface area contributed by atoms with E-state index in [2.05, 4.69) is 0 Å². The molecule has 152 valence electrons. The first kappa shape index (κ1) is 18.8. The van der Waals surface area contributed by atoms with E-state index >= 15 is 0 Å². The maximum Gasteiger partial charge on any atom is 0.213 e. The summed E-state index contributed by atoms with van der Waals surface area (Å²) < 4.78 is 17.1. The van der Waals surface area contributed by atoms with Gasteiger partial charge in [0.2, 0.25) is 6.23 Å². The molecule has 2 aliphatic heterocycles. The fourth-order valence-corrected chi connectivity index (χ4v) is 4.12. The number of hydrogen-bond donors (Lipinski definition) is 0. The van der Waals surface area contributed by atoms with Crippen LogP contribution in [-0.2, 0) is 0 Å². The van der Waals surface area contributed by atoms with E-state index in [1.165, 1.54) is 0 Å². The van der Waals surface area contributed by atoms with E-state index in [-0.39, 0.29) is 12.3 Å². The molecule has 6 heteroatoms. The summed E-state index contributed by atoms with van der Waals surface area (Å²) in [6, 6.07) is 21.7. The van der Waals surface area contributed by atoms with Crippen LogP contribution < -0.4 is 14.2 Å². The molecule has 0 spiro atoms. The second-order valence-corrected chi connectivity index (χ2v) is 7.74. The maximum absolute atomic E-state index is 6.39. The lowest BCUT2D eigenvalue weighted by Crippen LogP contribution is -2.33. The van der Waals surface area contributed by atoms with Crippen LogP contribution in [0.4, 0.5) is 0 Å². The Morgan fingerprint density at radius 1 is 0.933 bits per heavy atom. The van der Waals surface area contributed by atoms with Gasteiger partial charge in [0.15, 0.2) is 0 Å². The molecular weight excluding hydrogens is 400 g/mol. The number of methoxy groups -OCH3 is 2. The molecule has 5 rings (SSSR count). The summed E-state index contributed by atoms with van der Waals surface area (Å²) in [5.74, 6) is 2.48. The Kier molecular flexibility index (Phi) is 4.75. The monoisotopic (exact) mass is 420 g/mol. The number of benzene rings is 3. The van der Waals surface area contributed by atoms with Gasteiger partial charge in [0.25, 0.3) is 0 Å². The van der Waals surface area contributed by atoms with Crippen molar-refractivity contribution in [3.63, 3.8) is 0 Å². The topological polar surface area (TPSA) is 43.3 Å². The third kappa shape index (κ3) is 3.25. The summed E-state index contributed by atoms with van der Waals surface area (Å²) in [6.07, 6.45) is 0.448. The molecule has 0 amide bonds. The van der Waals surface area contributed by atoms with Gasteiger partial charge in [-0.3, -0.25) is 0 Å². The molecule has 3 aromatic carbocycles. The van der Waals surface area contributed by atoms with Crippen LogP contribution in [-0.4, -0.2) is 24.9 Å². The van der Waals surface area contributed by atoms with E-state index in [0.29, 0.717) is 5.02 Å². The molecule has 0 radical (unpaired) electrons. The number of hydrogen-bond acceptors (Lipinski definition) is 5. The number of fused-ring (bicyclic) bond motifs is 3. The first-order valence-electron chi connectivity index (χ1n) is 9.76. The predicted octanol–water partition coefficient (Wildman–Crippen LogP) is 5.60. The van der Waals surface area contributed by atoms with E-state index in [4.69, 9.17) is 30.9 Å². The Balaban J connectivity index is 1.57. The number of halogens is 1. The summed E-state index contributed by atoms with van der Waals surface area (Å²) in [5, 5.41) is 7.72. The van der Waals surface area contributed by atoms with Gasteiger partial charge in [0.05, 0.1) is 26.0 Å². The first-order chi connectivity index (χ1) is 14.7. The average Bonchev–Trinajstić information content (AvgIpc) is 3.24. The third-order valence-corrected chi connectivity index (χ3v) is 5.83. The maximum atomic E-state index is 6.39. The standard InChI is InChI=1S/C24H21ClN2O3/c1-28-18-9-5-15(6-10-18)21-14-22-20-13-19(29-2)11-12-23(20)30-24(27(22)26-21)16-3-7-17(25)8-4-16/h3-13,22,24H,14H2,1-2H3/t22-,24-/m0/s1. The highest BCUT2D eigenvalue weighted by Crippen LogP contribution is 2.48. The lowest BCUT2D eigenvalue weighted by Gasteiger charge is -2.38. The second kappa shape index (κ2) is 7.58. The largest absolute Gasteiger partial charge is 0.497 e. The van der Waals surface area contributed by atoms with Gasteiger partial charge < -0.3 is 14.2 Å². The summed E-state index contributed by atoms with van der Waals surface area (Å²) >= 11 is 6.10. The molecule has 2 atom stereocenters. The predicted molar refractivity (Wildman–Crippen MR) is 117 cm³/mol. The number of rotatable bonds is 4. The fourth-order valence-electron chi connectivity index (χ4n) is 4.00. The van der Waals surface area contributed by atoms with Crippen LogP contribution >= 0.6 is 11.6 Å². The normalized spacial score (nSPS) is 19.4. The Labute approximate surface area is 180 Å². The Hall–Kier alpha value is -3.18. The lowest BCUT2D eigenvalue weighted by molar-refractivity contribution is -0.0191. The van der Waals surface area contributed by atoms with Gasteiger partial charge in [-0.05, 0) is 60.2 Å². The van der Waals surface area contributed by atoms with Crippen LogP contribution in [0.1, 0.15) is 35.4 Å². The molecule has 0 N–H and O–H groups in total. The highest BCUT2D eigenvalue weighted by molar-refractivity contribution is 6.30. The van der Waals surface area contributed by atoms with Crippen LogP contribution in [0.3, 0.4) is 0 Å². The zero-order valence-electron chi connectivity index (χ0n) is 16.7. The van der Waals surface area contributed by atoms with E-state index in [1.807, 2.05) is 71.7 Å². The smallest absolute Gasteiger partial charge is 0.213 e. The van der Waals surface area contributed by atoms with Gasteiger partial charge in [-0.25, -0.2) is 5.01 Å². The van der Waals surface area contributed by atoms with Crippen molar-refractivity contribution < 1.29 is 14.2 Å². The molecule has 0 aromatic heterocycles. The molecule has 30 heavy (non-hydrogen) atoms. The highest BCUT2D eigenvalue weighted by Gasteiger charge is 2.41. The Morgan fingerprint density at radius 3 is 2.33 bits per heavy atom. The molecule has 2 heterocycles. The molecule has 0 saturated heterocycles.